The molecule has 9 heteroatoms. The highest BCUT2D eigenvalue weighted by Crippen LogP contribution is 2.27. The maximum atomic E-state index is 11.7. The van der Waals surface area contributed by atoms with Crippen molar-refractivity contribution >= 4 is 47.0 Å². The Kier molecular flexibility index (Phi) is 9.39. The first-order valence-corrected chi connectivity index (χ1v) is 9.87. The van der Waals surface area contributed by atoms with E-state index in [9.17, 15) is 14.7 Å². The molecule has 0 saturated carbocycles. The first-order valence-electron chi connectivity index (χ1n) is 7.96. The SMILES string of the molecule is CC(C)(C)OC(=O)NC(CCSCCOc1ccc(Cl)cc1Cl)C(=O)O. The highest BCUT2D eigenvalue weighted by Gasteiger charge is 2.23. The van der Waals surface area contributed by atoms with Crippen molar-refractivity contribution in [2.24, 2.45) is 0 Å². The van der Waals surface area contributed by atoms with Gasteiger partial charge in [-0.05, 0) is 51.1 Å². The van der Waals surface area contributed by atoms with Crippen molar-refractivity contribution < 1.29 is 24.2 Å². The molecule has 0 aromatic heterocycles. The lowest BCUT2D eigenvalue weighted by atomic mass is 10.2. The largest absolute Gasteiger partial charge is 0.491 e. The van der Waals surface area contributed by atoms with E-state index in [4.69, 9.17) is 32.7 Å². The number of alkyl carbamates (subject to hydrolysis) is 1. The van der Waals surface area contributed by atoms with Gasteiger partial charge in [-0.1, -0.05) is 23.2 Å². The number of aliphatic carboxylic acids is 1. The minimum Gasteiger partial charge on any atom is -0.491 e. The summed E-state index contributed by atoms with van der Waals surface area (Å²) in [5.41, 5.74) is -0.678. The maximum absolute atomic E-state index is 11.7. The zero-order chi connectivity index (χ0) is 19.7. The Balaban J connectivity index is 2.28. The van der Waals surface area contributed by atoms with Gasteiger partial charge in [0.25, 0.3) is 0 Å². The molecule has 1 aromatic carbocycles. The molecule has 146 valence electrons. The quantitative estimate of drug-likeness (QED) is 0.569. The van der Waals surface area contributed by atoms with E-state index < -0.39 is 23.7 Å². The summed E-state index contributed by atoms with van der Waals surface area (Å²) < 4.78 is 10.6. The molecule has 2 N–H and O–H groups in total. The van der Waals surface area contributed by atoms with Crippen LogP contribution in [0.2, 0.25) is 10.0 Å². The van der Waals surface area contributed by atoms with E-state index in [1.54, 1.807) is 39.0 Å². The van der Waals surface area contributed by atoms with E-state index in [-0.39, 0.29) is 6.42 Å². The Morgan fingerprint density at radius 1 is 1.27 bits per heavy atom. The summed E-state index contributed by atoms with van der Waals surface area (Å²) in [4.78, 5) is 22.9. The first kappa shape index (κ1) is 22.7. The summed E-state index contributed by atoms with van der Waals surface area (Å²) in [6.07, 6.45) is -0.461. The third-order valence-corrected chi connectivity index (χ3v) is 4.43. The normalized spacial score (nSPS) is 12.3. The van der Waals surface area contributed by atoms with Crippen LogP contribution in [-0.4, -0.2) is 46.9 Å². The number of ether oxygens (including phenoxy) is 2. The smallest absolute Gasteiger partial charge is 0.408 e. The minimum atomic E-state index is -1.10. The predicted octanol–water partition coefficient (Wildman–Crippen LogP) is 4.47. The van der Waals surface area contributed by atoms with E-state index in [1.165, 1.54) is 11.8 Å². The van der Waals surface area contributed by atoms with Gasteiger partial charge in [-0.15, -0.1) is 0 Å². The van der Waals surface area contributed by atoms with E-state index in [1.807, 2.05) is 0 Å². The third kappa shape index (κ3) is 9.40. The Morgan fingerprint density at radius 2 is 1.96 bits per heavy atom. The second-order valence-electron chi connectivity index (χ2n) is 6.36. The van der Waals surface area contributed by atoms with E-state index in [2.05, 4.69) is 5.32 Å². The van der Waals surface area contributed by atoms with Crippen molar-refractivity contribution in [2.75, 3.05) is 18.1 Å². The van der Waals surface area contributed by atoms with Crippen LogP contribution in [-0.2, 0) is 9.53 Å². The van der Waals surface area contributed by atoms with Crippen molar-refractivity contribution in [3.8, 4) is 5.75 Å². The van der Waals surface area contributed by atoms with Gasteiger partial charge in [0, 0.05) is 10.8 Å². The number of thioether (sulfide) groups is 1. The summed E-state index contributed by atoms with van der Waals surface area (Å²) in [7, 11) is 0. The molecule has 0 fully saturated rings. The standard InChI is InChI=1S/C17H23Cl2NO5S/c1-17(2,3)25-16(23)20-13(15(21)22)6-8-26-9-7-24-14-5-4-11(18)10-12(14)19/h4-5,10,13H,6-9H2,1-3H3,(H,20,23)(H,21,22). The van der Waals surface area contributed by atoms with Crippen LogP contribution in [0.15, 0.2) is 18.2 Å². The molecule has 1 atom stereocenters. The second-order valence-corrected chi connectivity index (χ2v) is 8.43. The van der Waals surface area contributed by atoms with Gasteiger partial charge in [0.1, 0.15) is 17.4 Å². The fourth-order valence-corrected chi connectivity index (χ4v) is 3.08. The third-order valence-electron chi connectivity index (χ3n) is 2.92. The fourth-order valence-electron chi connectivity index (χ4n) is 1.81. The van der Waals surface area contributed by atoms with E-state index >= 15 is 0 Å². The molecular weight excluding hydrogens is 401 g/mol. The minimum absolute atomic E-state index is 0.279. The molecule has 1 unspecified atom stereocenters. The van der Waals surface area contributed by atoms with Crippen LogP contribution >= 0.6 is 35.0 Å². The average molecular weight is 424 g/mol. The second kappa shape index (κ2) is 10.7. The number of amides is 1. The van der Waals surface area contributed by atoms with Crippen molar-refractivity contribution in [2.45, 2.75) is 38.8 Å². The number of rotatable bonds is 9. The van der Waals surface area contributed by atoms with Crippen molar-refractivity contribution in [3.05, 3.63) is 28.2 Å². The molecule has 0 aliphatic rings. The number of halogens is 2. The molecule has 6 nitrogen and oxygen atoms in total. The molecule has 0 bridgehead atoms. The van der Waals surface area contributed by atoms with Crippen LogP contribution in [0.25, 0.3) is 0 Å². The molecular formula is C17H23Cl2NO5S. The van der Waals surface area contributed by atoms with Crippen LogP contribution < -0.4 is 10.1 Å². The lowest BCUT2D eigenvalue weighted by Gasteiger charge is -2.21. The number of carboxylic acids is 1. The van der Waals surface area contributed by atoms with Crippen molar-refractivity contribution in [1.29, 1.82) is 0 Å². The predicted molar refractivity (Wildman–Crippen MR) is 105 cm³/mol. The maximum Gasteiger partial charge on any atom is 0.408 e. The molecule has 1 aromatic rings. The van der Waals surface area contributed by atoms with E-state index in [0.717, 1.165) is 0 Å². The average Bonchev–Trinajstić information content (AvgIpc) is 2.49. The topological polar surface area (TPSA) is 84.9 Å². The van der Waals surface area contributed by atoms with Gasteiger partial charge in [0.05, 0.1) is 11.6 Å². The molecule has 1 amide bonds. The highest BCUT2D eigenvalue weighted by atomic mass is 35.5. The molecule has 0 heterocycles. The van der Waals surface area contributed by atoms with Gasteiger partial charge < -0.3 is 19.9 Å². The van der Waals surface area contributed by atoms with Gasteiger partial charge in [-0.25, -0.2) is 9.59 Å². The van der Waals surface area contributed by atoms with Crippen molar-refractivity contribution in [1.82, 2.24) is 5.32 Å². The lowest BCUT2D eigenvalue weighted by Crippen LogP contribution is -2.43. The van der Waals surface area contributed by atoms with Gasteiger partial charge >= 0.3 is 12.1 Å². The van der Waals surface area contributed by atoms with Crippen LogP contribution in [0.5, 0.6) is 5.75 Å². The molecule has 0 saturated heterocycles. The Bertz CT molecular complexity index is 622. The summed E-state index contributed by atoms with van der Waals surface area (Å²) in [5, 5.41) is 12.5. The summed E-state index contributed by atoms with van der Waals surface area (Å²) in [6.45, 7) is 5.56. The molecule has 26 heavy (non-hydrogen) atoms. The Morgan fingerprint density at radius 3 is 2.54 bits per heavy atom. The van der Waals surface area contributed by atoms with Gasteiger partial charge in [0.15, 0.2) is 0 Å². The number of nitrogens with one attached hydrogen (secondary N) is 1. The van der Waals surface area contributed by atoms with Crippen LogP contribution in [0.4, 0.5) is 4.79 Å². The number of carboxylic acid groups (broad SMARTS) is 1. The highest BCUT2D eigenvalue weighted by molar-refractivity contribution is 7.99. The van der Waals surface area contributed by atoms with Crippen LogP contribution in [0.3, 0.4) is 0 Å². The molecule has 0 radical (unpaired) electrons. The van der Waals surface area contributed by atoms with Gasteiger partial charge in [-0.2, -0.15) is 11.8 Å². The Labute approximate surface area is 167 Å². The van der Waals surface area contributed by atoms with Crippen LogP contribution in [0.1, 0.15) is 27.2 Å². The summed E-state index contributed by atoms with van der Waals surface area (Å²) >= 11 is 13.3. The van der Waals surface area contributed by atoms with Gasteiger partial charge in [-0.3, -0.25) is 0 Å². The Hall–Kier alpha value is -1.31. The fraction of sp³-hybridized carbons (Fsp3) is 0.529. The molecule has 1 rings (SSSR count). The number of hydrogen-bond acceptors (Lipinski definition) is 5. The first-order chi connectivity index (χ1) is 12.1. The van der Waals surface area contributed by atoms with Gasteiger partial charge in [0.2, 0.25) is 0 Å². The van der Waals surface area contributed by atoms with E-state index in [0.29, 0.717) is 33.9 Å². The summed E-state index contributed by atoms with van der Waals surface area (Å²) in [5.74, 6) is 0.648. The monoisotopic (exact) mass is 423 g/mol. The summed E-state index contributed by atoms with van der Waals surface area (Å²) in [6, 6.07) is 3.99. The zero-order valence-electron chi connectivity index (χ0n) is 14.9. The lowest BCUT2D eigenvalue weighted by molar-refractivity contribution is -0.139. The van der Waals surface area contributed by atoms with Crippen molar-refractivity contribution in [3.63, 3.8) is 0 Å². The molecule has 0 aliphatic heterocycles. The zero-order valence-corrected chi connectivity index (χ0v) is 17.2. The van der Waals surface area contributed by atoms with Crippen LogP contribution in [0, 0.1) is 0 Å². The number of hydrogen-bond donors (Lipinski definition) is 2. The molecule has 0 spiro atoms. The molecule has 0 aliphatic carbocycles. The number of carbonyl (C=O) groups is 2. The number of benzene rings is 1. The number of carbonyl (C=O) groups excluding carboxylic acids is 1.